The van der Waals surface area contributed by atoms with Crippen LogP contribution in [0.25, 0.3) is 11.0 Å². The van der Waals surface area contributed by atoms with Gasteiger partial charge in [0.25, 0.3) is 5.91 Å². The molecule has 0 aliphatic carbocycles. The highest BCUT2D eigenvalue weighted by Crippen LogP contribution is 2.38. The molecule has 1 aliphatic rings. The number of nitrogens with one attached hydrogen (secondary N) is 1. The minimum absolute atomic E-state index is 0.0999. The van der Waals surface area contributed by atoms with Gasteiger partial charge in [0.15, 0.2) is 5.43 Å². The molecule has 4 rings (SSSR count). The lowest BCUT2D eigenvalue weighted by Crippen LogP contribution is -3.05. The molecule has 2 heterocycles. The number of nitrogens with zero attached hydrogens (tertiary/aromatic N) is 1. The number of rotatable bonds is 6. The molecule has 31 heavy (non-hydrogen) atoms. The number of carbonyl (C=O) groups is 2. The molecule has 0 saturated heterocycles. The molecular formula is C24H25N2O5+. The maximum Gasteiger partial charge on any atom is 0.337 e. The molecule has 0 bridgehead atoms. The van der Waals surface area contributed by atoms with E-state index in [1.54, 1.807) is 53.4 Å². The largest absolute Gasteiger partial charge is 0.465 e. The number of esters is 1. The predicted octanol–water partition coefficient (Wildman–Crippen LogP) is 1.66. The Labute approximate surface area is 179 Å². The van der Waals surface area contributed by atoms with Gasteiger partial charge >= 0.3 is 5.97 Å². The number of carbonyl (C=O) groups excluding carboxylic acids is 2. The van der Waals surface area contributed by atoms with Crippen molar-refractivity contribution in [2.45, 2.75) is 12.5 Å². The van der Waals surface area contributed by atoms with Crippen molar-refractivity contribution in [3.63, 3.8) is 0 Å². The van der Waals surface area contributed by atoms with Crippen molar-refractivity contribution in [1.29, 1.82) is 0 Å². The highest BCUT2D eigenvalue weighted by Gasteiger charge is 2.42. The average Bonchev–Trinajstić information content (AvgIpc) is 3.05. The lowest BCUT2D eigenvalue weighted by atomic mass is 9.97. The molecule has 7 nitrogen and oxygen atoms in total. The molecule has 2 aromatic carbocycles. The lowest BCUT2D eigenvalue weighted by Gasteiger charge is -2.25. The van der Waals surface area contributed by atoms with Gasteiger partial charge in [0.2, 0.25) is 5.76 Å². The summed E-state index contributed by atoms with van der Waals surface area (Å²) < 4.78 is 10.7. The third-order valence-corrected chi connectivity index (χ3v) is 5.60. The van der Waals surface area contributed by atoms with Crippen molar-refractivity contribution in [3.8, 4) is 0 Å². The van der Waals surface area contributed by atoms with E-state index in [-0.39, 0.29) is 17.1 Å². The number of amides is 1. The molecule has 1 amide bonds. The van der Waals surface area contributed by atoms with E-state index in [9.17, 15) is 14.4 Å². The van der Waals surface area contributed by atoms with E-state index in [0.717, 1.165) is 18.5 Å². The Morgan fingerprint density at radius 2 is 1.81 bits per heavy atom. The Kier molecular flexibility index (Phi) is 5.61. The minimum atomic E-state index is -0.563. The second kappa shape index (κ2) is 8.35. The van der Waals surface area contributed by atoms with Crippen LogP contribution in [0.4, 0.5) is 0 Å². The van der Waals surface area contributed by atoms with E-state index >= 15 is 0 Å². The van der Waals surface area contributed by atoms with Crippen LogP contribution in [0.5, 0.6) is 0 Å². The summed E-state index contributed by atoms with van der Waals surface area (Å²) in [4.78, 5) is 41.5. The number of benzene rings is 2. The van der Waals surface area contributed by atoms with Crippen molar-refractivity contribution >= 4 is 22.8 Å². The molecule has 0 unspecified atom stereocenters. The number of fused-ring (bicyclic) bond motifs is 2. The third kappa shape index (κ3) is 3.72. The fourth-order valence-electron chi connectivity index (χ4n) is 4.07. The van der Waals surface area contributed by atoms with Gasteiger partial charge in [-0.2, -0.15) is 0 Å². The van der Waals surface area contributed by atoms with Gasteiger partial charge in [0.1, 0.15) is 5.58 Å². The average molecular weight is 421 g/mol. The number of para-hydroxylation sites is 1. The molecule has 0 spiro atoms. The molecule has 1 aliphatic heterocycles. The highest BCUT2D eigenvalue weighted by atomic mass is 16.5. The first-order valence-electron chi connectivity index (χ1n) is 10.3. The number of methoxy groups -OCH3 is 1. The SMILES string of the molecule is COC(=O)c1ccc([C@H]2c3c(oc4ccccc4c3=O)C(=O)N2CCC[NH+](C)C)cc1. The van der Waals surface area contributed by atoms with Gasteiger partial charge in [0, 0.05) is 13.0 Å². The maximum atomic E-state index is 13.4. The summed E-state index contributed by atoms with van der Waals surface area (Å²) in [5, 5.41) is 0.449. The van der Waals surface area contributed by atoms with Crippen LogP contribution in [0.15, 0.2) is 57.7 Å². The molecule has 0 radical (unpaired) electrons. The molecule has 1 aromatic heterocycles. The van der Waals surface area contributed by atoms with Gasteiger partial charge in [-0.1, -0.05) is 24.3 Å². The number of quaternary nitrogens is 1. The zero-order valence-corrected chi connectivity index (χ0v) is 17.8. The van der Waals surface area contributed by atoms with Crippen LogP contribution < -0.4 is 10.3 Å². The van der Waals surface area contributed by atoms with Gasteiger partial charge < -0.3 is 19.0 Å². The number of hydrogen-bond donors (Lipinski definition) is 1. The molecule has 1 atom stereocenters. The van der Waals surface area contributed by atoms with E-state index in [1.807, 2.05) is 0 Å². The van der Waals surface area contributed by atoms with Gasteiger partial charge in [-0.3, -0.25) is 9.59 Å². The fraction of sp³-hybridized carbons (Fsp3) is 0.292. The third-order valence-electron chi connectivity index (χ3n) is 5.60. The van der Waals surface area contributed by atoms with E-state index in [1.165, 1.54) is 12.0 Å². The van der Waals surface area contributed by atoms with Crippen molar-refractivity contribution in [2.75, 3.05) is 34.3 Å². The van der Waals surface area contributed by atoms with Gasteiger partial charge in [0.05, 0.1) is 50.3 Å². The predicted molar refractivity (Wildman–Crippen MR) is 115 cm³/mol. The van der Waals surface area contributed by atoms with Crippen LogP contribution in [0, 0.1) is 0 Å². The van der Waals surface area contributed by atoms with E-state index < -0.39 is 12.0 Å². The highest BCUT2D eigenvalue weighted by molar-refractivity contribution is 5.99. The normalized spacial score (nSPS) is 15.5. The van der Waals surface area contributed by atoms with Gasteiger partial charge in [-0.25, -0.2) is 4.79 Å². The Balaban J connectivity index is 1.83. The van der Waals surface area contributed by atoms with Crippen LogP contribution in [-0.4, -0.2) is 51.1 Å². The van der Waals surface area contributed by atoms with Crippen molar-refractivity contribution < 1.29 is 23.6 Å². The quantitative estimate of drug-likeness (QED) is 0.613. The summed E-state index contributed by atoms with van der Waals surface area (Å²) in [6, 6.07) is 13.2. The van der Waals surface area contributed by atoms with Crippen molar-refractivity contribution in [1.82, 2.24) is 4.90 Å². The summed E-state index contributed by atoms with van der Waals surface area (Å²) in [6.07, 6.45) is 0.784. The summed E-state index contributed by atoms with van der Waals surface area (Å²) in [5.41, 5.74) is 1.71. The Morgan fingerprint density at radius 1 is 1.10 bits per heavy atom. The zero-order chi connectivity index (χ0) is 22.1. The number of ether oxygens (including phenoxy) is 1. The van der Waals surface area contributed by atoms with Crippen molar-refractivity contribution in [2.24, 2.45) is 0 Å². The molecule has 160 valence electrons. The maximum absolute atomic E-state index is 13.4. The zero-order valence-electron chi connectivity index (χ0n) is 17.8. The first-order valence-corrected chi connectivity index (χ1v) is 10.3. The van der Waals surface area contributed by atoms with Crippen LogP contribution >= 0.6 is 0 Å². The first-order chi connectivity index (χ1) is 14.9. The number of hydrogen-bond acceptors (Lipinski definition) is 5. The topological polar surface area (TPSA) is 81.3 Å². The first kappa shape index (κ1) is 20.8. The fourth-order valence-corrected chi connectivity index (χ4v) is 4.07. The van der Waals surface area contributed by atoms with Crippen LogP contribution in [0.1, 0.15) is 44.5 Å². The molecule has 7 heteroatoms. The Morgan fingerprint density at radius 3 is 2.48 bits per heavy atom. The van der Waals surface area contributed by atoms with E-state index in [2.05, 4.69) is 14.1 Å². The van der Waals surface area contributed by atoms with E-state index in [4.69, 9.17) is 9.15 Å². The van der Waals surface area contributed by atoms with Gasteiger partial charge in [-0.15, -0.1) is 0 Å². The second-order valence-corrected chi connectivity index (χ2v) is 8.00. The van der Waals surface area contributed by atoms with Crippen LogP contribution in [-0.2, 0) is 4.74 Å². The second-order valence-electron chi connectivity index (χ2n) is 8.00. The van der Waals surface area contributed by atoms with Crippen LogP contribution in [0.3, 0.4) is 0 Å². The van der Waals surface area contributed by atoms with Gasteiger partial charge in [-0.05, 0) is 29.8 Å². The van der Waals surface area contributed by atoms with E-state index in [0.29, 0.717) is 28.6 Å². The summed E-state index contributed by atoms with van der Waals surface area (Å²) in [7, 11) is 5.44. The van der Waals surface area contributed by atoms with Crippen molar-refractivity contribution in [3.05, 3.63) is 81.2 Å². The molecule has 1 N–H and O–H groups in total. The van der Waals surface area contributed by atoms with Crippen LogP contribution in [0.2, 0.25) is 0 Å². The molecular weight excluding hydrogens is 396 g/mol. The molecule has 3 aromatic rings. The Bertz CT molecular complexity index is 1200. The smallest absolute Gasteiger partial charge is 0.337 e. The molecule has 0 fully saturated rings. The standard InChI is InChI=1S/C24H24N2O5/c1-25(2)13-6-14-26-20(15-9-11-16(12-10-15)24(29)30-3)19-21(27)17-7-4-5-8-18(17)31-22(19)23(26)28/h4-5,7-12,20H,6,13-14H2,1-3H3/p+1/t20-/m0/s1. The lowest BCUT2D eigenvalue weighted by molar-refractivity contribution is -0.858. The summed E-state index contributed by atoms with van der Waals surface area (Å²) in [5.74, 6) is -0.623. The summed E-state index contributed by atoms with van der Waals surface area (Å²) >= 11 is 0. The molecule has 0 saturated carbocycles. The summed E-state index contributed by atoms with van der Waals surface area (Å²) in [6.45, 7) is 1.38. The minimum Gasteiger partial charge on any atom is -0.465 e. The Hall–Kier alpha value is -3.45. The monoisotopic (exact) mass is 421 g/mol.